The number of amides is 2. The van der Waals surface area contributed by atoms with Gasteiger partial charge in [0, 0.05) is 24.1 Å². The molecule has 1 aromatic heterocycles. The molecule has 2 amide bonds. The number of ether oxygens (including phenoxy) is 2. The number of nitrogens with one attached hydrogen (secondary N) is 1. The van der Waals surface area contributed by atoms with Gasteiger partial charge in [-0.05, 0) is 18.2 Å². The minimum Gasteiger partial charge on any atom is -0.489 e. The Hall–Kier alpha value is -2.61. The van der Waals surface area contributed by atoms with Crippen molar-refractivity contribution in [1.82, 2.24) is 10.3 Å². The summed E-state index contributed by atoms with van der Waals surface area (Å²) in [5.41, 5.74) is 1.63. The van der Waals surface area contributed by atoms with Crippen molar-refractivity contribution in [2.75, 3.05) is 18.1 Å². The summed E-state index contributed by atoms with van der Waals surface area (Å²) in [5, 5.41) is 5.50. The molecule has 1 saturated heterocycles. The first-order valence-corrected chi connectivity index (χ1v) is 8.42. The SMILES string of the molecule is CC(=O)NC[C@@H]1OC(=O)N2c3ccc(-c4nccs4)cc3OC[C@@H]12. The van der Waals surface area contributed by atoms with Gasteiger partial charge in [0.1, 0.15) is 29.5 Å². The minimum atomic E-state index is -0.423. The van der Waals surface area contributed by atoms with Crippen molar-refractivity contribution >= 4 is 29.0 Å². The van der Waals surface area contributed by atoms with Crippen molar-refractivity contribution in [3.05, 3.63) is 29.8 Å². The van der Waals surface area contributed by atoms with Gasteiger partial charge in [-0.3, -0.25) is 9.69 Å². The quantitative estimate of drug-likeness (QED) is 0.921. The van der Waals surface area contributed by atoms with Gasteiger partial charge in [0.2, 0.25) is 5.91 Å². The van der Waals surface area contributed by atoms with Gasteiger partial charge >= 0.3 is 6.09 Å². The van der Waals surface area contributed by atoms with Gasteiger partial charge in [0.15, 0.2) is 0 Å². The first-order valence-electron chi connectivity index (χ1n) is 7.54. The predicted molar refractivity (Wildman–Crippen MR) is 88.3 cm³/mol. The highest BCUT2D eigenvalue weighted by atomic mass is 32.1. The normalized spacial score (nSPS) is 21.5. The molecule has 7 nitrogen and oxygen atoms in total. The summed E-state index contributed by atoms with van der Waals surface area (Å²) >= 11 is 1.54. The lowest BCUT2D eigenvalue weighted by Gasteiger charge is -2.31. The van der Waals surface area contributed by atoms with Crippen molar-refractivity contribution in [3.63, 3.8) is 0 Å². The Morgan fingerprint density at radius 2 is 2.38 bits per heavy atom. The monoisotopic (exact) mass is 345 g/mol. The van der Waals surface area contributed by atoms with Crippen molar-refractivity contribution in [2.45, 2.75) is 19.1 Å². The zero-order chi connectivity index (χ0) is 16.7. The second-order valence-electron chi connectivity index (χ2n) is 5.63. The summed E-state index contributed by atoms with van der Waals surface area (Å²) in [4.78, 5) is 29.2. The molecule has 0 aliphatic carbocycles. The molecule has 4 rings (SSSR count). The van der Waals surface area contributed by atoms with E-state index in [9.17, 15) is 9.59 Å². The van der Waals surface area contributed by atoms with E-state index < -0.39 is 12.2 Å². The Morgan fingerprint density at radius 1 is 1.50 bits per heavy atom. The van der Waals surface area contributed by atoms with Crippen LogP contribution in [0.5, 0.6) is 5.75 Å². The topological polar surface area (TPSA) is 80.8 Å². The van der Waals surface area contributed by atoms with Crippen molar-refractivity contribution < 1.29 is 19.1 Å². The van der Waals surface area contributed by atoms with Crippen LogP contribution in [0.4, 0.5) is 10.5 Å². The Bertz CT molecular complexity index is 793. The first kappa shape index (κ1) is 14.9. The molecule has 0 spiro atoms. The summed E-state index contributed by atoms with van der Waals surface area (Å²) in [5.74, 6) is 0.478. The van der Waals surface area contributed by atoms with Gasteiger partial charge in [0.05, 0.1) is 12.2 Å². The molecule has 124 valence electrons. The number of cyclic esters (lactones) is 1. The highest BCUT2D eigenvalue weighted by Crippen LogP contribution is 2.41. The van der Waals surface area contributed by atoms with E-state index in [4.69, 9.17) is 9.47 Å². The van der Waals surface area contributed by atoms with Crippen LogP contribution in [0, 0.1) is 0 Å². The maximum absolute atomic E-state index is 12.3. The molecular formula is C16H15N3O4S. The number of benzene rings is 1. The van der Waals surface area contributed by atoms with Gasteiger partial charge in [-0.25, -0.2) is 9.78 Å². The van der Waals surface area contributed by atoms with Gasteiger partial charge in [-0.1, -0.05) is 0 Å². The molecule has 8 heteroatoms. The molecule has 1 fully saturated rings. The Kier molecular flexibility index (Phi) is 3.61. The number of nitrogens with zero attached hydrogens (tertiary/aromatic N) is 2. The van der Waals surface area contributed by atoms with Crippen LogP contribution < -0.4 is 15.0 Å². The van der Waals surface area contributed by atoms with Crippen molar-refractivity contribution in [2.24, 2.45) is 0 Å². The van der Waals surface area contributed by atoms with E-state index in [0.717, 1.165) is 10.6 Å². The van der Waals surface area contributed by atoms with E-state index in [0.29, 0.717) is 18.0 Å². The van der Waals surface area contributed by atoms with Gasteiger partial charge < -0.3 is 14.8 Å². The molecule has 2 aliphatic rings. The third-order valence-corrected chi connectivity index (χ3v) is 4.89. The number of hydrogen-bond donors (Lipinski definition) is 1. The fourth-order valence-corrected chi connectivity index (χ4v) is 3.59. The van der Waals surface area contributed by atoms with Crippen LogP contribution in [0.15, 0.2) is 29.8 Å². The summed E-state index contributed by atoms with van der Waals surface area (Å²) < 4.78 is 11.3. The lowest BCUT2D eigenvalue weighted by Crippen LogP contribution is -2.47. The molecule has 3 heterocycles. The molecule has 24 heavy (non-hydrogen) atoms. The minimum absolute atomic E-state index is 0.158. The molecule has 0 radical (unpaired) electrons. The third-order valence-electron chi connectivity index (χ3n) is 4.07. The van der Waals surface area contributed by atoms with Crippen molar-refractivity contribution in [3.8, 4) is 16.3 Å². The Balaban J connectivity index is 1.62. The molecule has 0 unspecified atom stereocenters. The number of anilines is 1. The fraction of sp³-hybridized carbons (Fsp3) is 0.312. The molecule has 1 aromatic carbocycles. The summed E-state index contributed by atoms with van der Waals surface area (Å²) in [6.07, 6.45) is 0.913. The molecule has 0 bridgehead atoms. The second kappa shape index (κ2) is 5.79. The highest BCUT2D eigenvalue weighted by molar-refractivity contribution is 7.13. The van der Waals surface area contributed by atoms with Gasteiger partial charge in [-0.15, -0.1) is 11.3 Å². The average molecular weight is 345 g/mol. The fourth-order valence-electron chi connectivity index (χ4n) is 2.95. The largest absolute Gasteiger partial charge is 0.489 e. The Labute approximate surface area is 142 Å². The summed E-state index contributed by atoms with van der Waals surface area (Å²) in [7, 11) is 0. The molecule has 2 atom stereocenters. The van der Waals surface area contributed by atoms with E-state index in [2.05, 4.69) is 10.3 Å². The van der Waals surface area contributed by atoms with E-state index >= 15 is 0 Å². The third kappa shape index (κ3) is 2.48. The zero-order valence-corrected chi connectivity index (χ0v) is 13.7. The smallest absolute Gasteiger partial charge is 0.415 e. The summed E-state index contributed by atoms with van der Waals surface area (Å²) in [6, 6.07) is 5.40. The molecular weight excluding hydrogens is 330 g/mol. The number of fused-ring (bicyclic) bond motifs is 3. The van der Waals surface area contributed by atoms with Crippen LogP contribution in [0.25, 0.3) is 10.6 Å². The maximum Gasteiger partial charge on any atom is 0.415 e. The second-order valence-corrected chi connectivity index (χ2v) is 6.52. The zero-order valence-electron chi connectivity index (χ0n) is 12.9. The van der Waals surface area contributed by atoms with Crippen LogP contribution in [0.2, 0.25) is 0 Å². The van der Waals surface area contributed by atoms with E-state index in [1.807, 2.05) is 23.6 Å². The van der Waals surface area contributed by atoms with Crippen LogP contribution in [0.3, 0.4) is 0 Å². The number of carbonyl (C=O) groups excluding carboxylic acids is 2. The number of rotatable bonds is 3. The lowest BCUT2D eigenvalue weighted by atomic mass is 10.1. The van der Waals surface area contributed by atoms with Gasteiger partial charge in [0.25, 0.3) is 0 Å². The van der Waals surface area contributed by atoms with Crippen molar-refractivity contribution in [1.29, 1.82) is 0 Å². The molecule has 1 N–H and O–H groups in total. The van der Waals surface area contributed by atoms with E-state index in [-0.39, 0.29) is 18.5 Å². The van der Waals surface area contributed by atoms with E-state index in [1.54, 1.807) is 22.4 Å². The lowest BCUT2D eigenvalue weighted by molar-refractivity contribution is -0.119. The molecule has 2 aliphatic heterocycles. The highest BCUT2D eigenvalue weighted by Gasteiger charge is 2.46. The molecule has 0 saturated carbocycles. The van der Waals surface area contributed by atoms with Crippen LogP contribution in [-0.2, 0) is 9.53 Å². The van der Waals surface area contributed by atoms with Crippen LogP contribution in [-0.4, -0.2) is 42.3 Å². The number of thiazole rings is 1. The molecule has 2 aromatic rings. The van der Waals surface area contributed by atoms with Gasteiger partial charge in [-0.2, -0.15) is 0 Å². The number of hydrogen-bond acceptors (Lipinski definition) is 6. The number of carbonyl (C=O) groups is 2. The predicted octanol–water partition coefficient (Wildman–Crippen LogP) is 2.03. The van der Waals surface area contributed by atoms with Crippen LogP contribution >= 0.6 is 11.3 Å². The standard InChI is InChI=1S/C16H15N3O4S/c1-9(20)18-7-14-12-8-22-13-6-10(15-17-4-5-24-15)2-3-11(13)19(12)16(21)23-14/h2-6,12,14H,7-8H2,1H3,(H,18,20)/t12-,14-/m0/s1. The average Bonchev–Trinajstić information content (AvgIpc) is 3.21. The Morgan fingerprint density at radius 3 is 3.12 bits per heavy atom. The van der Waals surface area contributed by atoms with E-state index in [1.165, 1.54) is 6.92 Å². The summed E-state index contributed by atoms with van der Waals surface area (Å²) in [6.45, 7) is 2.03. The first-order chi connectivity index (χ1) is 11.6. The maximum atomic E-state index is 12.3. The van der Waals surface area contributed by atoms with Crippen LogP contribution in [0.1, 0.15) is 6.92 Å². The number of aromatic nitrogens is 1.